The van der Waals surface area contributed by atoms with E-state index in [-0.39, 0.29) is 25.2 Å². The summed E-state index contributed by atoms with van der Waals surface area (Å²) in [5.74, 6) is -0.634. The van der Waals surface area contributed by atoms with Crippen LogP contribution in [0.4, 0.5) is 0 Å². The van der Waals surface area contributed by atoms with Crippen LogP contribution in [0.5, 0.6) is 0 Å². The van der Waals surface area contributed by atoms with Gasteiger partial charge in [-0.25, -0.2) is 0 Å². The Labute approximate surface area is 321 Å². The second-order valence-corrected chi connectivity index (χ2v) is 14.0. The van der Waals surface area contributed by atoms with Gasteiger partial charge in [0.25, 0.3) is 0 Å². The van der Waals surface area contributed by atoms with Gasteiger partial charge in [0.2, 0.25) is 0 Å². The highest BCUT2D eigenvalue weighted by Crippen LogP contribution is 2.13. The second-order valence-electron chi connectivity index (χ2n) is 14.0. The molecule has 298 valence electrons. The molecule has 1 unspecified atom stereocenters. The Morgan fingerprint density at radius 1 is 0.462 bits per heavy atom. The number of unbranched alkanes of at least 4 members (excludes halogenated alkanes) is 18. The lowest BCUT2D eigenvalue weighted by molar-refractivity contribution is -0.161. The highest BCUT2D eigenvalue weighted by Gasteiger charge is 2.16. The van der Waals surface area contributed by atoms with Crippen LogP contribution < -0.4 is 0 Å². The van der Waals surface area contributed by atoms with E-state index in [9.17, 15) is 14.7 Å². The van der Waals surface area contributed by atoms with Crippen molar-refractivity contribution in [1.29, 1.82) is 0 Å². The molecule has 0 radical (unpaired) electrons. The second kappa shape index (κ2) is 42.8. The Balaban J connectivity index is 3.57. The van der Waals surface area contributed by atoms with Crippen molar-refractivity contribution < 1.29 is 24.2 Å². The van der Waals surface area contributed by atoms with Crippen LogP contribution in [0.25, 0.3) is 0 Å². The summed E-state index contributed by atoms with van der Waals surface area (Å²) in [5, 5.41) is 9.56. The quantitative estimate of drug-likeness (QED) is 0.0390. The SMILES string of the molecule is CC/C=C\C/C=C\C/C=C\CCCCCC(=O)OCC(CO)OC(=O)CCCCCCCCCCCC/C=C\C/C=C\C/C=C\CCCCCCC. The summed E-state index contributed by atoms with van der Waals surface area (Å²) in [6.45, 7) is 3.97. The standard InChI is InChI=1S/C47H80O5/c1-3-5-7-9-11-13-15-17-18-19-20-21-22-23-24-25-26-27-28-30-32-34-36-38-40-42-47(50)52-45(43-48)44-51-46(49)41-39-37-35-33-31-29-16-14-12-10-8-6-4-2/h6,8,12,14-15,17,19-20,22-23,29,31,45,48H,3-5,7,9-11,13,16,18,21,24-28,30,32-44H2,1-2H3/b8-6-,14-12-,17-15-,20-19-,23-22-,31-29-. The Morgan fingerprint density at radius 3 is 1.27 bits per heavy atom. The molecule has 0 amide bonds. The van der Waals surface area contributed by atoms with Crippen molar-refractivity contribution in [1.82, 2.24) is 0 Å². The maximum absolute atomic E-state index is 12.2. The summed E-state index contributed by atoms with van der Waals surface area (Å²) in [7, 11) is 0. The maximum Gasteiger partial charge on any atom is 0.306 e. The average molecular weight is 725 g/mol. The molecule has 0 saturated heterocycles. The highest BCUT2D eigenvalue weighted by atomic mass is 16.6. The predicted octanol–water partition coefficient (Wildman–Crippen LogP) is 13.7. The normalized spacial score (nSPS) is 12.9. The maximum atomic E-state index is 12.2. The fraction of sp³-hybridized carbons (Fsp3) is 0.702. The van der Waals surface area contributed by atoms with Crippen molar-refractivity contribution >= 4 is 11.9 Å². The third-order valence-corrected chi connectivity index (χ3v) is 8.98. The van der Waals surface area contributed by atoms with E-state index in [2.05, 4.69) is 86.8 Å². The largest absolute Gasteiger partial charge is 0.462 e. The van der Waals surface area contributed by atoms with Crippen LogP contribution in [0.3, 0.4) is 0 Å². The molecule has 0 bridgehead atoms. The molecule has 1 atom stereocenters. The van der Waals surface area contributed by atoms with E-state index in [4.69, 9.17) is 9.47 Å². The van der Waals surface area contributed by atoms with Gasteiger partial charge in [0.05, 0.1) is 6.61 Å². The Kier molecular flexibility index (Phi) is 40.6. The third kappa shape index (κ3) is 40.1. The topological polar surface area (TPSA) is 72.8 Å². The van der Waals surface area contributed by atoms with Gasteiger partial charge >= 0.3 is 11.9 Å². The van der Waals surface area contributed by atoms with Crippen LogP contribution in [-0.2, 0) is 19.1 Å². The Bertz CT molecular complexity index is 957. The molecule has 0 rings (SSSR count). The number of esters is 2. The van der Waals surface area contributed by atoms with Crippen LogP contribution in [0.15, 0.2) is 72.9 Å². The molecule has 52 heavy (non-hydrogen) atoms. The van der Waals surface area contributed by atoms with E-state index in [1.807, 2.05) is 0 Å². The van der Waals surface area contributed by atoms with Crippen molar-refractivity contribution in [2.75, 3.05) is 13.2 Å². The lowest BCUT2D eigenvalue weighted by Crippen LogP contribution is -2.28. The molecule has 1 N–H and O–H groups in total. The monoisotopic (exact) mass is 725 g/mol. The van der Waals surface area contributed by atoms with E-state index in [0.717, 1.165) is 77.0 Å². The minimum absolute atomic E-state index is 0.0858. The molecule has 0 aliphatic rings. The van der Waals surface area contributed by atoms with Gasteiger partial charge in [0.1, 0.15) is 6.61 Å². The summed E-state index contributed by atoms with van der Waals surface area (Å²) in [6, 6.07) is 0. The number of hydrogen-bond acceptors (Lipinski definition) is 5. The summed E-state index contributed by atoms with van der Waals surface area (Å²) in [5.41, 5.74) is 0. The van der Waals surface area contributed by atoms with E-state index in [1.54, 1.807) is 0 Å². The molecule has 0 aliphatic carbocycles. The van der Waals surface area contributed by atoms with Gasteiger partial charge in [-0.15, -0.1) is 0 Å². The number of carbonyl (C=O) groups is 2. The molecule has 0 saturated carbocycles. The zero-order chi connectivity index (χ0) is 37.8. The molecule has 0 aromatic heterocycles. The van der Waals surface area contributed by atoms with E-state index in [1.165, 1.54) is 89.9 Å². The van der Waals surface area contributed by atoms with Crippen molar-refractivity contribution in [3.8, 4) is 0 Å². The number of ether oxygens (including phenoxy) is 2. The van der Waals surface area contributed by atoms with Crippen LogP contribution in [0.2, 0.25) is 0 Å². The number of aliphatic hydroxyl groups excluding tert-OH is 1. The van der Waals surface area contributed by atoms with Gasteiger partial charge in [-0.3, -0.25) is 9.59 Å². The first-order valence-corrected chi connectivity index (χ1v) is 21.5. The third-order valence-electron chi connectivity index (χ3n) is 8.98. The van der Waals surface area contributed by atoms with Crippen molar-refractivity contribution in [2.24, 2.45) is 0 Å². The van der Waals surface area contributed by atoms with Crippen LogP contribution >= 0.6 is 0 Å². The molecular formula is C47H80O5. The number of hydrogen-bond donors (Lipinski definition) is 1. The van der Waals surface area contributed by atoms with Crippen LogP contribution in [0, 0.1) is 0 Å². The number of allylic oxidation sites excluding steroid dienone is 12. The molecule has 0 fully saturated rings. The lowest BCUT2D eigenvalue weighted by Gasteiger charge is -2.15. The summed E-state index contributed by atoms with van der Waals surface area (Å²) in [6.07, 6.45) is 56.9. The molecule has 0 aromatic rings. The minimum atomic E-state index is -0.788. The van der Waals surface area contributed by atoms with Crippen LogP contribution in [-0.4, -0.2) is 36.4 Å². The van der Waals surface area contributed by atoms with Gasteiger partial charge in [-0.05, 0) is 83.5 Å². The van der Waals surface area contributed by atoms with Gasteiger partial charge in [0.15, 0.2) is 6.10 Å². The zero-order valence-electron chi connectivity index (χ0n) is 33.8. The first-order chi connectivity index (χ1) is 25.6. The molecule has 0 spiro atoms. The Morgan fingerprint density at radius 2 is 0.827 bits per heavy atom. The minimum Gasteiger partial charge on any atom is -0.462 e. The van der Waals surface area contributed by atoms with Gasteiger partial charge in [-0.1, -0.05) is 170 Å². The Hall–Kier alpha value is -2.66. The lowest BCUT2D eigenvalue weighted by atomic mass is 10.0. The predicted molar refractivity (Wildman–Crippen MR) is 223 cm³/mol. The summed E-state index contributed by atoms with van der Waals surface area (Å²) >= 11 is 0. The van der Waals surface area contributed by atoms with Gasteiger partial charge < -0.3 is 14.6 Å². The average Bonchev–Trinajstić information content (AvgIpc) is 3.15. The zero-order valence-corrected chi connectivity index (χ0v) is 33.8. The number of carbonyl (C=O) groups excluding carboxylic acids is 2. The van der Waals surface area contributed by atoms with Crippen molar-refractivity contribution in [3.05, 3.63) is 72.9 Å². The molecule has 5 nitrogen and oxygen atoms in total. The summed E-state index contributed by atoms with van der Waals surface area (Å²) in [4.78, 5) is 24.3. The first kappa shape index (κ1) is 49.3. The molecule has 0 aliphatic heterocycles. The number of aliphatic hydroxyl groups is 1. The van der Waals surface area contributed by atoms with E-state index >= 15 is 0 Å². The molecule has 5 heteroatoms. The number of rotatable bonds is 38. The molecule has 0 heterocycles. The van der Waals surface area contributed by atoms with Crippen LogP contribution in [0.1, 0.15) is 194 Å². The van der Waals surface area contributed by atoms with E-state index in [0.29, 0.717) is 12.8 Å². The molecule has 0 aromatic carbocycles. The van der Waals surface area contributed by atoms with Gasteiger partial charge in [0, 0.05) is 12.8 Å². The molecular weight excluding hydrogens is 645 g/mol. The fourth-order valence-corrected chi connectivity index (χ4v) is 5.75. The smallest absolute Gasteiger partial charge is 0.306 e. The first-order valence-electron chi connectivity index (χ1n) is 21.5. The van der Waals surface area contributed by atoms with Crippen molar-refractivity contribution in [3.63, 3.8) is 0 Å². The van der Waals surface area contributed by atoms with Gasteiger partial charge in [-0.2, -0.15) is 0 Å². The van der Waals surface area contributed by atoms with E-state index < -0.39 is 6.10 Å². The summed E-state index contributed by atoms with van der Waals surface area (Å²) < 4.78 is 10.6. The van der Waals surface area contributed by atoms with Crippen molar-refractivity contribution in [2.45, 2.75) is 200 Å². The fourth-order valence-electron chi connectivity index (χ4n) is 5.75. The highest BCUT2D eigenvalue weighted by molar-refractivity contribution is 5.70.